The fourth-order valence-corrected chi connectivity index (χ4v) is 4.97. The number of fused-ring (bicyclic) bond motifs is 1. The van der Waals surface area contributed by atoms with Crippen LogP contribution in [0.5, 0.6) is 0 Å². The molecule has 0 bridgehead atoms. The van der Waals surface area contributed by atoms with Gasteiger partial charge in [-0.3, -0.25) is 9.69 Å². The first-order valence-electron chi connectivity index (χ1n) is 11.2. The summed E-state index contributed by atoms with van der Waals surface area (Å²) in [5.74, 6) is 0.0166. The zero-order valence-corrected chi connectivity index (χ0v) is 18.4. The number of hydrogen-bond acceptors (Lipinski definition) is 4. The van der Waals surface area contributed by atoms with Gasteiger partial charge in [-0.25, -0.2) is 0 Å². The van der Waals surface area contributed by atoms with E-state index < -0.39 is 0 Å². The van der Waals surface area contributed by atoms with Gasteiger partial charge in [-0.05, 0) is 49.1 Å². The SMILES string of the molecule is O=C(c1ccc(N2C=CCc3ccccc32)cc1Cl)N1CCN(CC2CCCO2)CC1. The fraction of sp³-hybridized carbons (Fsp3) is 0.400. The van der Waals surface area contributed by atoms with E-state index in [0.29, 0.717) is 16.7 Å². The van der Waals surface area contributed by atoms with Crippen molar-refractivity contribution in [1.82, 2.24) is 9.80 Å². The second kappa shape index (κ2) is 9.03. The Bertz CT molecular complexity index is 978. The van der Waals surface area contributed by atoms with Crippen molar-refractivity contribution in [3.8, 4) is 0 Å². The lowest BCUT2D eigenvalue weighted by molar-refractivity contribution is 0.0433. The third-order valence-electron chi connectivity index (χ3n) is 6.45. The predicted molar refractivity (Wildman–Crippen MR) is 124 cm³/mol. The van der Waals surface area contributed by atoms with Crippen molar-refractivity contribution < 1.29 is 9.53 Å². The lowest BCUT2D eigenvalue weighted by Gasteiger charge is -2.36. The normalized spacial score (nSPS) is 21.4. The van der Waals surface area contributed by atoms with Crippen LogP contribution in [0.25, 0.3) is 0 Å². The Kier molecular flexibility index (Phi) is 5.99. The molecule has 3 aliphatic rings. The fourth-order valence-electron chi connectivity index (χ4n) is 4.72. The molecule has 1 amide bonds. The van der Waals surface area contributed by atoms with Gasteiger partial charge < -0.3 is 14.5 Å². The summed E-state index contributed by atoms with van der Waals surface area (Å²) >= 11 is 6.61. The van der Waals surface area contributed by atoms with E-state index in [1.165, 1.54) is 5.56 Å². The summed E-state index contributed by atoms with van der Waals surface area (Å²) in [5, 5.41) is 0.501. The number of halogens is 1. The summed E-state index contributed by atoms with van der Waals surface area (Å²) in [5.41, 5.74) is 3.98. The molecule has 5 rings (SSSR count). The van der Waals surface area contributed by atoms with Crippen molar-refractivity contribution in [2.24, 2.45) is 0 Å². The number of rotatable bonds is 4. The van der Waals surface area contributed by atoms with Gasteiger partial charge in [0.2, 0.25) is 0 Å². The number of amides is 1. The Balaban J connectivity index is 1.26. The van der Waals surface area contributed by atoms with Crippen LogP contribution in [0.2, 0.25) is 5.02 Å². The Labute approximate surface area is 188 Å². The zero-order valence-electron chi connectivity index (χ0n) is 17.7. The molecule has 0 radical (unpaired) electrons. The van der Waals surface area contributed by atoms with Crippen LogP contribution in [0.3, 0.4) is 0 Å². The molecule has 2 aromatic rings. The molecule has 2 fully saturated rings. The van der Waals surface area contributed by atoms with E-state index in [4.69, 9.17) is 16.3 Å². The van der Waals surface area contributed by atoms with Gasteiger partial charge in [0.1, 0.15) is 0 Å². The number of para-hydroxylation sites is 1. The Morgan fingerprint density at radius 3 is 2.71 bits per heavy atom. The molecular weight excluding hydrogens is 410 g/mol. The van der Waals surface area contributed by atoms with Gasteiger partial charge in [0.25, 0.3) is 5.91 Å². The molecule has 3 heterocycles. The van der Waals surface area contributed by atoms with Gasteiger partial charge in [0.05, 0.1) is 16.7 Å². The van der Waals surface area contributed by atoms with Gasteiger partial charge in [-0.15, -0.1) is 0 Å². The largest absolute Gasteiger partial charge is 0.377 e. The van der Waals surface area contributed by atoms with Crippen molar-refractivity contribution in [3.05, 3.63) is 70.9 Å². The maximum atomic E-state index is 13.1. The maximum Gasteiger partial charge on any atom is 0.255 e. The standard InChI is InChI=1S/C25H28ClN3O2/c26-23-17-20(29-11-3-6-19-5-1-2-8-24(19)29)9-10-22(23)25(30)28-14-12-27(13-15-28)18-21-7-4-16-31-21/h1-3,5,8-11,17,21H,4,6-7,12-16,18H2. The molecule has 3 aliphatic heterocycles. The van der Waals surface area contributed by atoms with Crippen LogP contribution in [0.15, 0.2) is 54.7 Å². The van der Waals surface area contributed by atoms with Crippen LogP contribution >= 0.6 is 11.6 Å². The average Bonchev–Trinajstić information content (AvgIpc) is 3.32. The minimum Gasteiger partial charge on any atom is -0.377 e. The van der Waals surface area contributed by atoms with E-state index >= 15 is 0 Å². The molecule has 6 heteroatoms. The van der Waals surface area contributed by atoms with E-state index in [1.807, 2.05) is 29.2 Å². The van der Waals surface area contributed by atoms with Crippen LogP contribution in [0.4, 0.5) is 11.4 Å². The number of carbonyl (C=O) groups is 1. The second-order valence-electron chi connectivity index (χ2n) is 8.48. The molecule has 0 saturated carbocycles. The van der Waals surface area contributed by atoms with Gasteiger partial charge >= 0.3 is 0 Å². The number of piperazine rings is 1. The molecule has 0 N–H and O–H groups in total. The minimum atomic E-state index is 0.0166. The molecule has 0 spiro atoms. The number of ether oxygens (including phenoxy) is 1. The summed E-state index contributed by atoms with van der Waals surface area (Å²) in [6, 6.07) is 14.1. The van der Waals surface area contributed by atoms with Crippen LogP contribution in [-0.4, -0.2) is 61.1 Å². The lowest BCUT2D eigenvalue weighted by Crippen LogP contribution is -2.50. The monoisotopic (exact) mass is 437 g/mol. The van der Waals surface area contributed by atoms with Crippen molar-refractivity contribution in [2.75, 3.05) is 44.2 Å². The lowest BCUT2D eigenvalue weighted by atomic mass is 10.0. The number of anilines is 2. The molecule has 31 heavy (non-hydrogen) atoms. The van der Waals surface area contributed by atoms with Crippen molar-refractivity contribution in [3.63, 3.8) is 0 Å². The molecule has 162 valence electrons. The molecule has 0 aromatic heterocycles. The number of benzene rings is 2. The van der Waals surface area contributed by atoms with Crippen molar-refractivity contribution in [2.45, 2.75) is 25.4 Å². The number of carbonyl (C=O) groups excluding carboxylic acids is 1. The van der Waals surface area contributed by atoms with Gasteiger partial charge in [-0.1, -0.05) is 35.9 Å². The summed E-state index contributed by atoms with van der Waals surface area (Å²) in [7, 11) is 0. The predicted octanol–water partition coefficient (Wildman–Crippen LogP) is 4.48. The summed E-state index contributed by atoms with van der Waals surface area (Å²) < 4.78 is 5.75. The molecule has 0 aliphatic carbocycles. The maximum absolute atomic E-state index is 13.1. The average molecular weight is 438 g/mol. The van der Waals surface area contributed by atoms with E-state index in [1.54, 1.807) is 0 Å². The Morgan fingerprint density at radius 2 is 1.94 bits per heavy atom. The summed E-state index contributed by atoms with van der Waals surface area (Å²) in [6.07, 6.45) is 7.82. The van der Waals surface area contributed by atoms with Crippen LogP contribution < -0.4 is 4.90 Å². The summed E-state index contributed by atoms with van der Waals surface area (Å²) in [4.78, 5) is 19.6. The van der Waals surface area contributed by atoms with Gasteiger partial charge in [0, 0.05) is 56.9 Å². The molecule has 5 nitrogen and oxygen atoms in total. The zero-order chi connectivity index (χ0) is 21.2. The quantitative estimate of drug-likeness (QED) is 0.706. The smallest absolute Gasteiger partial charge is 0.255 e. The minimum absolute atomic E-state index is 0.0166. The van der Waals surface area contributed by atoms with Crippen LogP contribution in [-0.2, 0) is 11.2 Å². The number of hydrogen-bond donors (Lipinski definition) is 0. The van der Waals surface area contributed by atoms with Crippen molar-refractivity contribution >= 4 is 28.9 Å². The van der Waals surface area contributed by atoms with E-state index in [9.17, 15) is 4.79 Å². The van der Waals surface area contributed by atoms with E-state index in [-0.39, 0.29) is 5.91 Å². The van der Waals surface area contributed by atoms with E-state index in [0.717, 1.165) is 70.0 Å². The first-order chi connectivity index (χ1) is 15.2. The molecular formula is C25H28ClN3O2. The topological polar surface area (TPSA) is 36.0 Å². The molecule has 1 unspecified atom stereocenters. The van der Waals surface area contributed by atoms with Gasteiger partial charge in [-0.2, -0.15) is 0 Å². The third kappa shape index (κ3) is 4.36. The van der Waals surface area contributed by atoms with Crippen LogP contribution in [0.1, 0.15) is 28.8 Å². The number of nitrogens with zero attached hydrogens (tertiary/aromatic N) is 3. The number of allylic oxidation sites excluding steroid dienone is 1. The third-order valence-corrected chi connectivity index (χ3v) is 6.76. The summed E-state index contributed by atoms with van der Waals surface area (Å²) in [6.45, 7) is 5.09. The van der Waals surface area contributed by atoms with Gasteiger partial charge in [0.15, 0.2) is 0 Å². The first kappa shape index (κ1) is 20.6. The van der Waals surface area contributed by atoms with Crippen LogP contribution in [0, 0.1) is 0 Å². The second-order valence-corrected chi connectivity index (χ2v) is 8.89. The van der Waals surface area contributed by atoms with Crippen molar-refractivity contribution in [1.29, 1.82) is 0 Å². The Morgan fingerprint density at radius 1 is 1.10 bits per heavy atom. The molecule has 2 aromatic carbocycles. The highest BCUT2D eigenvalue weighted by molar-refractivity contribution is 6.34. The highest BCUT2D eigenvalue weighted by Crippen LogP contribution is 2.34. The molecule has 2 saturated heterocycles. The highest BCUT2D eigenvalue weighted by Gasteiger charge is 2.26. The first-order valence-corrected chi connectivity index (χ1v) is 11.5. The Hall–Kier alpha value is -2.34. The highest BCUT2D eigenvalue weighted by atomic mass is 35.5. The van der Waals surface area contributed by atoms with E-state index in [2.05, 4.69) is 40.3 Å². The molecule has 1 atom stereocenters.